The lowest BCUT2D eigenvalue weighted by atomic mass is 10.1. The Hall–Kier alpha value is -6.10. The second-order valence-electron chi connectivity index (χ2n) is 14.2. The molecule has 57 heavy (non-hydrogen) atoms. The number of benzene rings is 2. The van der Waals surface area contributed by atoms with Gasteiger partial charge in [0.05, 0.1) is 18.8 Å². The fourth-order valence-electron chi connectivity index (χ4n) is 5.37. The molecule has 2 aromatic heterocycles. The quantitative estimate of drug-likeness (QED) is 0.141. The van der Waals surface area contributed by atoms with E-state index in [-0.39, 0.29) is 72.0 Å². The largest absolute Gasteiger partial charge is 0.486 e. The number of aromatic nitrogens is 2. The van der Waals surface area contributed by atoms with E-state index in [9.17, 15) is 37.1 Å². The molecule has 0 aliphatic rings. The van der Waals surface area contributed by atoms with E-state index >= 15 is 0 Å². The molecule has 14 nitrogen and oxygen atoms in total. The zero-order chi connectivity index (χ0) is 42.0. The van der Waals surface area contributed by atoms with Gasteiger partial charge in [-0.15, -0.1) is 0 Å². The number of hydrogen-bond donors (Lipinski definition) is 1. The van der Waals surface area contributed by atoms with Gasteiger partial charge in [-0.05, 0) is 76.1 Å². The first-order valence-corrected chi connectivity index (χ1v) is 17.8. The van der Waals surface area contributed by atoms with Gasteiger partial charge in [-0.25, -0.2) is 27.3 Å². The first kappa shape index (κ1) is 43.6. The van der Waals surface area contributed by atoms with Gasteiger partial charge in [0.15, 0.2) is 6.10 Å². The van der Waals surface area contributed by atoms with Gasteiger partial charge in [-0.1, -0.05) is 6.08 Å². The third kappa shape index (κ3) is 11.9. The summed E-state index contributed by atoms with van der Waals surface area (Å²) < 4.78 is 67.2. The molecule has 1 atom stereocenters. The van der Waals surface area contributed by atoms with Crippen molar-refractivity contribution in [2.24, 2.45) is 0 Å². The Morgan fingerprint density at radius 3 is 2.39 bits per heavy atom. The Balaban J connectivity index is 1.68. The summed E-state index contributed by atoms with van der Waals surface area (Å²) in [7, 11) is 6.09. The second kappa shape index (κ2) is 19.2. The molecule has 0 radical (unpaired) electrons. The van der Waals surface area contributed by atoms with Crippen LogP contribution in [0.15, 0.2) is 71.7 Å². The van der Waals surface area contributed by atoms with Crippen LogP contribution in [0.5, 0.6) is 5.75 Å². The van der Waals surface area contributed by atoms with Gasteiger partial charge in [0.2, 0.25) is 5.91 Å². The lowest BCUT2D eigenvalue weighted by molar-refractivity contribution is -0.125. The van der Waals surface area contributed by atoms with Gasteiger partial charge in [-0.2, -0.15) is 0 Å². The summed E-state index contributed by atoms with van der Waals surface area (Å²) in [4.78, 5) is 68.6. The van der Waals surface area contributed by atoms with Crippen molar-refractivity contribution in [3.05, 3.63) is 106 Å². The molecule has 4 rings (SSSR count). The van der Waals surface area contributed by atoms with E-state index in [1.54, 1.807) is 34.9 Å². The summed E-state index contributed by atoms with van der Waals surface area (Å²) in [5.41, 5.74) is -1.70. The van der Waals surface area contributed by atoms with E-state index in [1.165, 1.54) is 71.1 Å². The van der Waals surface area contributed by atoms with Gasteiger partial charge in [0.25, 0.3) is 11.5 Å². The molecule has 0 bridgehead atoms. The first-order chi connectivity index (χ1) is 26.9. The molecule has 0 spiro atoms. The van der Waals surface area contributed by atoms with Crippen LogP contribution >= 0.6 is 0 Å². The molecule has 4 aromatic rings. The van der Waals surface area contributed by atoms with E-state index in [0.29, 0.717) is 6.07 Å². The van der Waals surface area contributed by atoms with Crippen LogP contribution in [0, 0.1) is 17.5 Å². The number of amides is 3. The molecule has 2 aromatic carbocycles. The summed E-state index contributed by atoms with van der Waals surface area (Å²) in [5.74, 6) is -3.68. The molecule has 0 fully saturated rings. The van der Waals surface area contributed by atoms with Crippen molar-refractivity contribution in [1.82, 2.24) is 18.9 Å². The minimum absolute atomic E-state index is 0.0270. The van der Waals surface area contributed by atoms with Crippen molar-refractivity contribution in [2.45, 2.75) is 58.5 Å². The standard InChI is InChI=1S/C40H46F3N5O9/c1-40(2,3)57-39(53)48-29(20-26-19-28(42)22-33(35(26)48)55-24-25-14-15-27(41)21-30(25)43)23-47-16-10-11-31(37(47)51)44-36(50)32(12-8-9-13-34(49)45(4)5)56-38(52)46(6)17-18-54-7/h9-11,13-16,19-22,32H,8,12,17-18,23-24H2,1-7H3,(H,44,50)/b13-9+/t32-/m0/s1. The number of rotatable bonds is 15. The van der Waals surface area contributed by atoms with Crippen molar-refractivity contribution in [2.75, 3.05) is 46.7 Å². The summed E-state index contributed by atoms with van der Waals surface area (Å²) in [6.07, 6.45) is 1.32. The predicted octanol–water partition coefficient (Wildman–Crippen LogP) is 6.08. The zero-order valence-corrected chi connectivity index (χ0v) is 32.8. The summed E-state index contributed by atoms with van der Waals surface area (Å²) in [6.45, 7) is 4.59. The molecule has 17 heteroatoms. The molecule has 306 valence electrons. The lowest BCUT2D eigenvalue weighted by Crippen LogP contribution is -2.39. The second-order valence-corrected chi connectivity index (χ2v) is 14.2. The number of halogens is 3. The number of carbonyl (C=O) groups is 4. The molecule has 3 amide bonds. The topological polar surface area (TPSA) is 151 Å². The number of fused-ring (bicyclic) bond motifs is 1. The normalized spacial score (nSPS) is 12.0. The van der Waals surface area contributed by atoms with Crippen LogP contribution in [0.25, 0.3) is 10.9 Å². The highest BCUT2D eigenvalue weighted by atomic mass is 19.1. The number of allylic oxidation sites excluding steroid dienone is 1. The Kier molecular flexibility index (Phi) is 14.7. The highest BCUT2D eigenvalue weighted by molar-refractivity contribution is 5.96. The lowest BCUT2D eigenvalue weighted by Gasteiger charge is -2.22. The van der Waals surface area contributed by atoms with Crippen LogP contribution in [0.2, 0.25) is 0 Å². The number of anilines is 1. The summed E-state index contributed by atoms with van der Waals surface area (Å²) in [5, 5.41) is 2.71. The van der Waals surface area contributed by atoms with E-state index in [1.807, 2.05) is 0 Å². The van der Waals surface area contributed by atoms with Crippen LogP contribution in [0.4, 0.5) is 28.4 Å². The van der Waals surface area contributed by atoms with E-state index in [4.69, 9.17) is 18.9 Å². The van der Waals surface area contributed by atoms with Gasteiger partial charge >= 0.3 is 12.2 Å². The number of methoxy groups -OCH3 is 1. The van der Waals surface area contributed by atoms with Crippen molar-refractivity contribution < 1.29 is 51.3 Å². The van der Waals surface area contributed by atoms with Crippen molar-refractivity contribution in [1.29, 1.82) is 0 Å². The Morgan fingerprint density at radius 2 is 1.72 bits per heavy atom. The minimum atomic E-state index is -1.37. The van der Waals surface area contributed by atoms with Crippen LogP contribution in [-0.4, -0.2) is 96.0 Å². The Labute approximate surface area is 327 Å². The molecule has 1 N–H and O–H groups in total. The molecule has 2 heterocycles. The fourth-order valence-corrected chi connectivity index (χ4v) is 5.37. The number of nitrogens with zero attached hydrogens (tertiary/aromatic N) is 4. The van der Waals surface area contributed by atoms with Gasteiger partial charge in [0.1, 0.15) is 46.6 Å². The highest BCUT2D eigenvalue weighted by Crippen LogP contribution is 2.33. The molecule has 0 aliphatic carbocycles. The van der Waals surface area contributed by atoms with Crippen molar-refractivity contribution in [3.63, 3.8) is 0 Å². The molecule has 0 saturated carbocycles. The van der Waals surface area contributed by atoms with Gasteiger partial charge in [0, 0.05) is 64.1 Å². The summed E-state index contributed by atoms with van der Waals surface area (Å²) >= 11 is 0. The fraction of sp³-hybridized carbons (Fsp3) is 0.375. The van der Waals surface area contributed by atoms with Crippen LogP contribution in [-0.2, 0) is 37.0 Å². The molecule has 0 unspecified atom stereocenters. The minimum Gasteiger partial charge on any atom is -0.486 e. The number of likely N-dealkylation sites (N-methyl/N-ethyl adjacent to an activating group) is 2. The third-order valence-electron chi connectivity index (χ3n) is 8.26. The Morgan fingerprint density at radius 1 is 0.982 bits per heavy atom. The smallest absolute Gasteiger partial charge is 0.419 e. The van der Waals surface area contributed by atoms with Crippen molar-refractivity contribution in [3.8, 4) is 5.75 Å². The number of nitrogens with one attached hydrogen (secondary N) is 1. The number of carbonyl (C=O) groups excluding carboxylic acids is 4. The number of ether oxygens (including phenoxy) is 4. The maximum absolute atomic E-state index is 15.0. The van der Waals surface area contributed by atoms with E-state index in [2.05, 4.69) is 5.32 Å². The average molecular weight is 798 g/mol. The third-order valence-corrected chi connectivity index (χ3v) is 8.26. The van der Waals surface area contributed by atoms with Crippen LogP contribution < -0.4 is 15.6 Å². The van der Waals surface area contributed by atoms with Gasteiger partial charge < -0.3 is 38.6 Å². The number of hydrogen-bond acceptors (Lipinski definition) is 9. The number of pyridine rings is 1. The predicted molar refractivity (Wildman–Crippen MR) is 204 cm³/mol. The van der Waals surface area contributed by atoms with Crippen LogP contribution in [0.1, 0.15) is 44.9 Å². The van der Waals surface area contributed by atoms with E-state index in [0.717, 1.165) is 22.8 Å². The highest BCUT2D eigenvalue weighted by Gasteiger charge is 2.27. The van der Waals surface area contributed by atoms with Crippen molar-refractivity contribution >= 4 is 40.6 Å². The maximum atomic E-state index is 15.0. The first-order valence-electron chi connectivity index (χ1n) is 17.8. The molecule has 0 aliphatic heterocycles. The van der Waals surface area contributed by atoms with Crippen LogP contribution in [0.3, 0.4) is 0 Å². The van der Waals surface area contributed by atoms with Gasteiger partial charge in [-0.3, -0.25) is 14.4 Å². The zero-order valence-electron chi connectivity index (χ0n) is 32.8. The SMILES string of the molecule is COCCN(C)C(=O)O[C@@H](CC/C=C/C(=O)N(C)C)C(=O)Nc1cccn(Cc2cc3cc(F)cc(OCc4ccc(F)cc4F)c3n2C(=O)OC(C)(C)C)c1=O. The molecular weight excluding hydrogens is 751 g/mol. The molecule has 0 saturated heterocycles. The monoisotopic (exact) mass is 797 g/mol. The summed E-state index contributed by atoms with van der Waals surface area (Å²) in [6, 6.07) is 9.32. The Bertz CT molecular complexity index is 2190. The van der Waals surface area contributed by atoms with E-state index < -0.39 is 59.4 Å². The maximum Gasteiger partial charge on any atom is 0.419 e. The molecular formula is C40H46F3N5O9. The average Bonchev–Trinajstić information content (AvgIpc) is 3.49.